The van der Waals surface area contributed by atoms with Crippen LogP contribution in [0.15, 0.2) is 58.6 Å². The van der Waals surface area contributed by atoms with Gasteiger partial charge in [0.25, 0.3) is 0 Å². The summed E-state index contributed by atoms with van der Waals surface area (Å²) in [6.07, 6.45) is -0.240. The Labute approximate surface area is 203 Å². The number of aliphatic imine (C=N–C) groups is 1. The molecule has 3 aromatic rings. The number of para-hydroxylation sites is 1. The fourth-order valence-corrected chi connectivity index (χ4v) is 4.99. The summed E-state index contributed by atoms with van der Waals surface area (Å²) >= 11 is 3.32. The van der Waals surface area contributed by atoms with Gasteiger partial charge >= 0.3 is 11.1 Å². The van der Waals surface area contributed by atoms with E-state index < -0.39 is 0 Å². The van der Waals surface area contributed by atoms with Crippen LogP contribution >= 0.6 is 23.1 Å². The highest BCUT2D eigenvalue weighted by Crippen LogP contribution is 2.29. The Bertz CT molecular complexity index is 1170. The highest BCUT2D eigenvalue weighted by molar-refractivity contribution is 8.13. The molecule has 9 heteroatoms. The van der Waals surface area contributed by atoms with Crippen molar-refractivity contribution in [2.45, 2.75) is 40.4 Å². The zero-order valence-corrected chi connectivity index (χ0v) is 21.2. The summed E-state index contributed by atoms with van der Waals surface area (Å²) in [5, 5.41) is 18.1. The molecule has 33 heavy (non-hydrogen) atoms. The SMILES string of the molecule is CCS/C(C)=N/N1C(=NCc2ccccc2OC)Nc2sc(C)n[n+]2C1c1ccc(C)cc1. The number of nitrogens with zero attached hydrogens (tertiary/aromatic N) is 5. The maximum absolute atomic E-state index is 5.52. The van der Waals surface area contributed by atoms with Gasteiger partial charge in [-0.2, -0.15) is 15.4 Å². The molecule has 0 radical (unpaired) electrons. The van der Waals surface area contributed by atoms with E-state index in [-0.39, 0.29) is 6.17 Å². The van der Waals surface area contributed by atoms with Crippen molar-refractivity contribution in [2.75, 3.05) is 18.2 Å². The zero-order chi connectivity index (χ0) is 23.4. The van der Waals surface area contributed by atoms with Crippen LogP contribution in [0, 0.1) is 13.8 Å². The van der Waals surface area contributed by atoms with Crippen LogP contribution in [0.4, 0.5) is 5.13 Å². The fourth-order valence-electron chi connectivity index (χ4n) is 3.64. The molecule has 0 amide bonds. The van der Waals surface area contributed by atoms with E-state index in [1.807, 2.05) is 47.8 Å². The van der Waals surface area contributed by atoms with Crippen molar-refractivity contribution in [3.05, 3.63) is 70.2 Å². The van der Waals surface area contributed by atoms with Crippen molar-refractivity contribution < 1.29 is 9.42 Å². The third-order valence-corrected chi connectivity index (χ3v) is 6.82. The minimum Gasteiger partial charge on any atom is -0.496 e. The van der Waals surface area contributed by atoms with Gasteiger partial charge in [0.2, 0.25) is 6.17 Å². The smallest absolute Gasteiger partial charge is 0.366 e. The summed E-state index contributed by atoms with van der Waals surface area (Å²) in [7, 11) is 1.68. The molecule has 0 saturated carbocycles. The average molecular weight is 482 g/mol. The Balaban J connectivity index is 1.82. The minimum atomic E-state index is -0.240. The number of hydrogen-bond acceptors (Lipinski definition) is 6. The van der Waals surface area contributed by atoms with Crippen molar-refractivity contribution >= 4 is 39.2 Å². The number of ether oxygens (including phenoxy) is 1. The fraction of sp³-hybridized carbons (Fsp3) is 0.333. The molecule has 0 saturated heterocycles. The van der Waals surface area contributed by atoms with Crippen LogP contribution in [0.25, 0.3) is 0 Å². The van der Waals surface area contributed by atoms with Gasteiger partial charge in [0.1, 0.15) is 10.8 Å². The van der Waals surface area contributed by atoms with Crippen LogP contribution in [-0.4, -0.2) is 34.0 Å². The van der Waals surface area contributed by atoms with Crippen LogP contribution in [-0.2, 0) is 6.54 Å². The van der Waals surface area contributed by atoms with Crippen molar-refractivity contribution in [2.24, 2.45) is 10.1 Å². The Hall–Kier alpha value is -2.91. The Morgan fingerprint density at radius 1 is 1.21 bits per heavy atom. The molecule has 1 unspecified atom stereocenters. The van der Waals surface area contributed by atoms with E-state index in [1.165, 1.54) is 5.56 Å². The molecule has 4 rings (SSSR count). The lowest BCUT2D eigenvalue weighted by Crippen LogP contribution is -2.59. The molecule has 172 valence electrons. The molecular weight excluding hydrogens is 452 g/mol. The number of guanidine groups is 1. The summed E-state index contributed by atoms with van der Waals surface area (Å²) in [4.78, 5) is 4.96. The second kappa shape index (κ2) is 10.4. The normalized spacial score (nSPS) is 17.1. The molecule has 1 aromatic heterocycles. The van der Waals surface area contributed by atoms with E-state index in [0.29, 0.717) is 12.5 Å². The van der Waals surface area contributed by atoms with E-state index in [9.17, 15) is 0 Å². The number of hydrogen-bond donors (Lipinski definition) is 1. The highest BCUT2D eigenvalue weighted by atomic mass is 32.2. The van der Waals surface area contributed by atoms with Crippen molar-refractivity contribution in [1.82, 2.24) is 10.1 Å². The number of hydrazone groups is 1. The molecule has 2 aromatic carbocycles. The number of benzene rings is 2. The van der Waals surface area contributed by atoms with E-state index in [0.717, 1.165) is 37.8 Å². The number of aryl methyl sites for hydroxylation is 2. The molecular formula is C24H29N6OS2+. The van der Waals surface area contributed by atoms with Crippen LogP contribution in [0.1, 0.15) is 41.7 Å². The Morgan fingerprint density at radius 2 is 1.97 bits per heavy atom. The molecule has 0 aliphatic carbocycles. The monoisotopic (exact) mass is 481 g/mol. The molecule has 2 heterocycles. The number of fused-ring (bicyclic) bond motifs is 1. The first-order chi connectivity index (χ1) is 16.0. The second-order valence-electron chi connectivity index (χ2n) is 7.63. The van der Waals surface area contributed by atoms with Crippen LogP contribution in [0.5, 0.6) is 5.75 Å². The quantitative estimate of drug-likeness (QED) is 0.306. The van der Waals surface area contributed by atoms with Crippen molar-refractivity contribution in [3.8, 4) is 5.75 Å². The van der Waals surface area contributed by atoms with Crippen LogP contribution in [0.3, 0.4) is 0 Å². The maximum atomic E-state index is 5.52. The Kier molecular flexibility index (Phi) is 7.29. The number of thioether (sulfide) groups is 1. The molecule has 7 nitrogen and oxygen atoms in total. The predicted molar refractivity (Wildman–Crippen MR) is 137 cm³/mol. The van der Waals surface area contributed by atoms with Gasteiger partial charge in [0.05, 0.1) is 18.7 Å². The van der Waals surface area contributed by atoms with Gasteiger partial charge in [0, 0.05) is 11.1 Å². The largest absolute Gasteiger partial charge is 0.496 e. The predicted octanol–water partition coefficient (Wildman–Crippen LogP) is 4.97. The molecule has 1 aliphatic rings. The Morgan fingerprint density at radius 3 is 2.70 bits per heavy atom. The van der Waals surface area contributed by atoms with Crippen molar-refractivity contribution in [3.63, 3.8) is 0 Å². The zero-order valence-electron chi connectivity index (χ0n) is 19.6. The van der Waals surface area contributed by atoms with Gasteiger partial charge in [-0.05, 0) is 43.9 Å². The van der Waals surface area contributed by atoms with Crippen LogP contribution in [0.2, 0.25) is 0 Å². The second-order valence-corrected chi connectivity index (χ2v) is 10.3. The third kappa shape index (κ3) is 5.20. The number of rotatable bonds is 6. The van der Waals surface area contributed by atoms with Gasteiger partial charge in [-0.25, -0.2) is 4.99 Å². The topological polar surface area (TPSA) is 66.0 Å². The first-order valence-electron chi connectivity index (χ1n) is 10.9. The molecule has 0 bridgehead atoms. The molecule has 1 aliphatic heterocycles. The minimum absolute atomic E-state index is 0.240. The summed E-state index contributed by atoms with van der Waals surface area (Å²) in [5.74, 6) is 2.46. The summed E-state index contributed by atoms with van der Waals surface area (Å²) in [6, 6.07) is 16.5. The van der Waals surface area contributed by atoms with E-state index in [4.69, 9.17) is 19.9 Å². The lowest BCUT2D eigenvalue weighted by molar-refractivity contribution is -0.769. The van der Waals surface area contributed by atoms with E-state index >= 15 is 0 Å². The van der Waals surface area contributed by atoms with Crippen molar-refractivity contribution in [1.29, 1.82) is 0 Å². The first kappa shape index (κ1) is 23.3. The molecule has 1 N–H and O–H groups in total. The standard InChI is InChI=1S/C24H28N6OS2/c1-6-32-17(3)27-29-22(19-13-11-16(2)12-14-19)30-24(33-18(4)28-30)26-23(29)25-15-20-9-7-8-10-21(20)31-5/h7-14,22H,6,15H2,1-5H3/p+1/b25-23?,27-17+. The molecule has 0 fully saturated rings. The highest BCUT2D eigenvalue weighted by Gasteiger charge is 2.42. The summed E-state index contributed by atoms with van der Waals surface area (Å²) in [6.45, 7) is 8.74. The summed E-state index contributed by atoms with van der Waals surface area (Å²) in [5.41, 5.74) is 3.33. The van der Waals surface area contributed by atoms with E-state index in [2.05, 4.69) is 43.4 Å². The van der Waals surface area contributed by atoms with E-state index in [1.54, 1.807) is 30.2 Å². The summed E-state index contributed by atoms with van der Waals surface area (Å²) < 4.78 is 7.52. The first-order valence-corrected chi connectivity index (χ1v) is 12.7. The average Bonchev–Trinajstić information content (AvgIpc) is 3.18. The maximum Gasteiger partial charge on any atom is 0.366 e. The number of methoxy groups -OCH3 is 1. The molecule has 1 atom stereocenters. The lowest BCUT2D eigenvalue weighted by Gasteiger charge is -2.29. The van der Waals surface area contributed by atoms with Gasteiger partial charge in [-0.15, -0.1) is 11.8 Å². The lowest BCUT2D eigenvalue weighted by atomic mass is 10.1. The molecule has 0 spiro atoms. The van der Waals surface area contributed by atoms with Gasteiger partial charge in [-0.1, -0.05) is 64.7 Å². The number of anilines is 1. The number of aromatic nitrogens is 2. The van der Waals surface area contributed by atoms with Gasteiger partial charge in [0.15, 0.2) is 0 Å². The van der Waals surface area contributed by atoms with Gasteiger partial charge in [-0.3, -0.25) is 0 Å². The third-order valence-electron chi connectivity index (χ3n) is 5.17. The van der Waals surface area contributed by atoms with Gasteiger partial charge < -0.3 is 4.74 Å². The van der Waals surface area contributed by atoms with Crippen LogP contribution < -0.4 is 14.7 Å². The number of nitrogens with one attached hydrogen (secondary N) is 1.